The number of hydrogen-bond acceptors (Lipinski definition) is 12. The molecule has 16 heteroatoms. The van der Waals surface area contributed by atoms with Crippen LogP contribution in [0, 0.1) is 0 Å². The average Bonchev–Trinajstić information content (AvgIpc) is 1.27. The van der Waals surface area contributed by atoms with Gasteiger partial charge in [-0.25, -0.2) is 9.80 Å². The van der Waals surface area contributed by atoms with Crippen LogP contribution < -0.4 is 9.80 Å². The standard InChI is InChI=1S/C50H42N2O6.C42H42N2O6/c1-23(2)27-17-13-18-28(24(3)4)43(27)51-47(53)39-35-31-15-9-11-21-33(31)58-46(35)42-38-37(39)41(49(51)55)45-36(32-16-10-12-22-34(32)57-45)40(38)48(54)52(50(42)56)44-29(25(5)6)19-14-20-30(44)26(7)8;1-3-5-7-9-11-17-23-43-39(45)33-29-25-19-13-15-21-27(25)50-38(29)36-32-31(33)35(41(43)47)37-30(26-20-14-16-22-28(26)49-37)34(32)40(46)44(42(36)48)24-18-12-10-8-6-4-2/h9-26H,1-8H3;13-16,19-22H,3-12,17-18,23-24H2,1-2H3. The normalized spacial score (nSPS) is 14.6. The Labute approximate surface area is 623 Å². The van der Waals surface area contributed by atoms with Gasteiger partial charge in [-0.05, 0) is 83.0 Å². The number of hydrogen-bond donors (Lipinski definition) is 0. The minimum Gasteiger partial charge on any atom is -0.455 e. The van der Waals surface area contributed by atoms with Gasteiger partial charge in [-0.3, -0.25) is 48.2 Å². The second-order valence-corrected chi connectivity index (χ2v) is 30.8. The maximum atomic E-state index is 15.7. The highest BCUT2D eigenvalue weighted by atomic mass is 16.3. The van der Waals surface area contributed by atoms with E-state index in [1.807, 2.05) is 189 Å². The van der Waals surface area contributed by atoms with Crippen molar-refractivity contribution in [3.63, 3.8) is 0 Å². The molecule has 0 saturated carbocycles. The Morgan fingerprint density at radius 1 is 0.259 bits per heavy atom. The van der Waals surface area contributed by atoms with Crippen molar-refractivity contribution < 1.29 is 56.0 Å². The highest BCUT2D eigenvalue weighted by molar-refractivity contribution is 6.52. The van der Waals surface area contributed by atoms with Crippen molar-refractivity contribution in [2.75, 3.05) is 22.9 Å². The number of amides is 8. The molecule has 4 aliphatic heterocycles. The molecule has 0 unspecified atom stereocenters. The van der Waals surface area contributed by atoms with Crippen molar-refractivity contribution in [3.05, 3.63) is 200 Å². The Bertz CT molecular complexity index is 5850. The van der Waals surface area contributed by atoms with Gasteiger partial charge in [0.15, 0.2) is 0 Å². The third-order valence-electron chi connectivity index (χ3n) is 22.9. The summed E-state index contributed by atoms with van der Waals surface area (Å²) < 4.78 is 26.4. The van der Waals surface area contributed by atoms with Crippen LogP contribution in [0.1, 0.15) is 275 Å². The number of rotatable bonds is 20. The summed E-state index contributed by atoms with van der Waals surface area (Å²) >= 11 is 0. The molecule has 4 aromatic heterocycles. The molecule has 18 rings (SSSR count). The zero-order valence-corrected chi connectivity index (χ0v) is 62.6. The molecule has 0 spiro atoms. The first-order valence-electron chi connectivity index (χ1n) is 38.6. The van der Waals surface area contributed by atoms with Gasteiger partial charge in [-0.2, -0.15) is 0 Å². The molecule has 0 saturated heterocycles. The first kappa shape index (κ1) is 69.5. The molecule has 14 aromatic rings. The van der Waals surface area contributed by atoms with Crippen LogP contribution in [0.2, 0.25) is 0 Å². The number of carbonyl (C=O) groups is 8. The predicted molar refractivity (Wildman–Crippen MR) is 426 cm³/mol. The van der Waals surface area contributed by atoms with Gasteiger partial charge >= 0.3 is 0 Å². The highest BCUT2D eigenvalue weighted by Gasteiger charge is 2.50. The summed E-state index contributed by atoms with van der Waals surface area (Å²) in [5.41, 5.74) is 9.15. The van der Waals surface area contributed by atoms with E-state index in [0.29, 0.717) is 100 Å². The fourth-order valence-electron chi connectivity index (χ4n) is 17.8. The number of benzene rings is 10. The Kier molecular flexibility index (Phi) is 17.2. The van der Waals surface area contributed by atoms with Crippen LogP contribution in [0.15, 0.2) is 151 Å². The van der Waals surface area contributed by atoms with Crippen molar-refractivity contribution in [2.45, 2.75) is 170 Å². The molecule has 8 heterocycles. The lowest BCUT2D eigenvalue weighted by molar-refractivity contribution is 0.0589. The lowest BCUT2D eigenvalue weighted by Gasteiger charge is -2.36. The van der Waals surface area contributed by atoms with Crippen LogP contribution in [0.3, 0.4) is 0 Å². The van der Waals surface area contributed by atoms with Crippen molar-refractivity contribution in [1.29, 1.82) is 0 Å². The quantitative estimate of drug-likeness (QED) is 0.0517. The minimum atomic E-state index is -0.573. The highest BCUT2D eigenvalue weighted by Crippen LogP contribution is 2.56. The third kappa shape index (κ3) is 10.2. The molecule has 16 nitrogen and oxygen atoms in total. The number of fused-ring (bicyclic) bond motifs is 20. The van der Waals surface area contributed by atoms with Crippen molar-refractivity contribution >= 4 is 168 Å². The van der Waals surface area contributed by atoms with E-state index in [-0.39, 0.29) is 114 Å². The van der Waals surface area contributed by atoms with Gasteiger partial charge in [-0.15, -0.1) is 0 Å². The summed E-state index contributed by atoms with van der Waals surface area (Å²) in [6.45, 7) is 21.2. The van der Waals surface area contributed by atoms with Crippen LogP contribution in [0.25, 0.3) is 109 Å². The molecule has 8 amide bonds. The maximum absolute atomic E-state index is 15.7. The van der Waals surface area contributed by atoms with Gasteiger partial charge in [0.1, 0.15) is 44.7 Å². The summed E-state index contributed by atoms with van der Waals surface area (Å²) in [5.74, 6) is -4.15. The molecule has 0 aliphatic carbocycles. The predicted octanol–water partition coefficient (Wildman–Crippen LogP) is 23.3. The van der Waals surface area contributed by atoms with Crippen LogP contribution in [0.4, 0.5) is 11.4 Å². The van der Waals surface area contributed by atoms with E-state index in [1.54, 1.807) is 0 Å². The number of furan rings is 4. The van der Waals surface area contributed by atoms with Crippen LogP contribution in [-0.4, -0.2) is 70.1 Å². The fourth-order valence-corrected chi connectivity index (χ4v) is 17.8. The first-order valence-corrected chi connectivity index (χ1v) is 38.6. The first-order chi connectivity index (χ1) is 52.3. The monoisotopic (exact) mass is 1440 g/mol. The van der Waals surface area contributed by atoms with E-state index in [1.165, 1.54) is 19.6 Å². The molecule has 0 fully saturated rings. The van der Waals surface area contributed by atoms with Crippen LogP contribution in [-0.2, 0) is 0 Å². The summed E-state index contributed by atoms with van der Waals surface area (Å²) in [4.78, 5) is 127. The fraction of sp³-hybridized carbons (Fsp3) is 0.304. The SMILES string of the molecule is CC(C)c1cccc(C(C)C)c1N1C(=O)c2c3oc4ccccc4c3c3c4c(c5oc6ccccc6c5c(c24)C1=O)C(=O)N(c1c(C(C)C)cccc1C(C)C)C3=O.CCCCCCCCN1C(=O)c2c3oc4ccccc4c3c3c4c(c5oc6ccccc6c5c(c24)C1=O)C(=O)N(CCCCCCCC)C3=O. The second-order valence-electron chi connectivity index (χ2n) is 30.8. The van der Waals surface area contributed by atoms with Crippen molar-refractivity contribution in [1.82, 2.24) is 9.80 Å². The van der Waals surface area contributed by atoms with Gasteiger partial charge in [-0.1, -0.05) is 243 Å². The number of anilines is 2. The van der Waals surface area contributed by atoms with Gasteiger partial charge in [0, 0.05) is 77.7 Å². The van der Waals surface area contributed by atoms with Gasteiger partial charge < -0.3 is 17.7 Å². The van der Waals surface area contributed by atoms with Crippen LogP contribution >= 0.6 is 0 Å². The maximum Gasteiger partial charge on any atom is 0.269 e. The summed E-state index contributed by atoms with van der Waals surface area (Å²) in [6.07, 6.45) is 12.1. The minimum absolute atomic E-state index is 0.0299. The summed E-state index contributed by atoms with van der Waals surface area (Å²) in [5, 5.41) is 5.53. The van der Waals surface area contributed by atoms with Crippen LogP contribution in [0.5, 0.6) is 0 Å². The molecule has 0 bridgehead atoms. The number of imide groups is 4. The molecule has 544 valence electrons. The van der Waals surface area contributed by atoms with Crippen molar-refractivity contribution in [2.24, 2.45) is 0 Å². The molecule has 0 atom stereocenters. The molecule has 0 radical (unpaired) electrons. The molecule has 0 N–H and O–H groups in total. The smallest absolute Gasteiger partial charge is 0.269 e. The zero-order chi connectivity index (χ0) is 75.2. The van der Waals surface area contributed by atoms with Crippen molar-refractivity contribution in [3.8, 4) is 0 Å². The third-order valence-corrected chi connectivity index (χ3v) is 22.9. The van der Waals surface area contributed by atoms with E-state index in [4.69, 9.17) is 17.7 Å². The molecule has 10 aromatic carbocycles. The van der Waals surface area contributed by atoms with Gasteiger partial charge in [0.05, 0.1) is 55.9 Å². The summed E-state index contributed by atoms with van der Waals surface area (Å²) in [7, 11) is 0. The van der Waals surface area contributed by atoms with E-state index in [9.17, 15) is 19.2 Å². The van der Waals surface area contributed by atoms with E-state index >= 15 is 19.2 Å². The Morgan fingerprint density at radius 2 is 0.491 bits per heavy atom. The molecule has 4 aliphatic rings. The Balaban J connectivity index is 0.000000160. The Hall–Kier alpha value is -11.5. The Morgan fingerprint density at radius 3 is 0.769 bits per heavy atom. The van der Waals surface area contributed by atoms with Gasteiger partial charge in [0.25, 0.3) is 47.3 Å². The number of nitrogens with zero attached hydrogens (tertiary/aromatic N) is 4. The van der Waals surface area contributed by atoms with Gasteiger partial charge in [0.2, 0.25) is 0 Å². The lowest BCUT2D eigenvalue weighted by Crippen LogP contribution is -2.45. The molecular weight excluding hydrogens is 1350 g/mol. The number of unbranched alkanes of at least 4 members (excludes halogenated alkanes) is 10. The summed E-state index contributed by atoms with van der Waals surface area (Å²) in [6, 6.07) is 41.4. The average molecular weight is 1440 g/mol. The zero-order valence-electron chi connectivity index (χ0n) is 62.6. The molecular formula is C92H84N4O12. The number of carbonyl (C=O) groups excluding carboxylic acids is 8. The topological polar surface area (TPSA) is 202 Å². The van der Waals surface area contributed by atoms with E-state index in [2.05, 4.69) is 13.8 Å². The molecule has 108 heavy (non-hydrogen) atoms. The largest absolute Gasteiger partial charge is 0.455 e. The van der Waals surface area contributed by atoms with E-state index in [0.717, 1.165) is 86.5 Å². The lowest BCUT2D eigenvalue weighted by atomic mass is 9.80. The number of para-hydroxylation sites is 6. The second kappa shape index (κ2) is 26.8. The van der Waals surface area contributed by atoms with E-state index < -0.39 is 47.3 Å².